The summed E-state index contributed by atoms with van der Waals surface area (Å²) in [7, 11) is 0. The first-order valence-corrected chi connectivity index (χ1v) is 4.96. The molecule has 82 valence electrons. The minimum absolute atomic E-state index is 0.0133. The maximum atomic E-state index is 13.5. The summed E-state index contributed by atoms with van der Waals surface area (Å²) < 4.78 is 23.8. The summed E-state index contributed by atoms with van der Waals surface area (Å²) in [6.07, 6.45) is -0.0133. The van der Waals surface area contributed by atoms with E-state index in [-0.39, 0.29) is 23.7 Å². The molecule has 15 heavy (non-hydrogen) atoms. The zero-order valence-electron chi connectivity index (χ0n) is 8.57. The topological polar surface area (TPSA) is 44.5 Å². The van der Waals surface area contributed by atoms with Gasteiger partial charge in [0.15, 0.2) is 11.6 Å². The van der Waals surface area contributed by atoms with Gasteiger partial charge in [-0.05, 0) is 24.6 Å². The van der Waals surface area contributed by atoms with Gasteiger partial charge in [-0.1, -0.05) is 6.07 Å². The Morgan fingerprint density at radius 3 is 2.73 bits per heavy atom. The first-order chi connectivity index (χ1) is 7.16. The number of benzene rings is 1. The summed E-state index contributed by atoms with van der Waals surface area (Å²) in [6, 6.07) is 4.65. The van der Waals surface area contributed by atoms with Crippen molar-refractivity contribution in [3.8, 4) is 5.75 Å². The molecule has 3 nitrogen and oxygen atoms in total. The molecule has 1 fully saturated rings. The largest absolute Gasteiger partial charge is 0.483 e. The van der Waals surface area contributed by atoms with E-state index in [1.165, 1.54) is 6.07 Å². The van der Waals surface area contributed by atoms with E-state index < -0.39 is 0 Å². The minimum atomic E-state index is -0.364. The second kappa shape index (κ2) is 4.16. The van der Waals surface area contributed by atoms with Crippen molar-refractivity contribution in [3.63, 3.8) is 0 Å². The van der Waals surface area contributed by atoms with Gasteiger partial charge in [-0.2, -0.15) is 0 Å². The van der Waals surface area contributed by atoms with Crippen LogP contribution in [0.25, 0.3) is 0 Å². The van der Waals surface area contributed by atoms with Crippen LogP contribution in [-0.2, 0) is 4.74 Å². The molecule has 0 radical (unpaired) electrons. The van der Waals surface area contributed by atoms with Crippen LogP contribution in [0.1, 0.15) is 18.5 Å². The molecular weight excluding hydrogens is 197 g/mol. The van der Waals surface area contributed by atoms with Crippen molar-refractivity contribution in [2.24, 2.45) is 5.73 Å². The van der Waals surface area contributed by atoms with Crippen LogP contribution in [0.15, 0.2) is 18.2 Å². The summed E-state index contributed by atoms with van der Waals surface area (Å²) >= 11 is 0. The lowest BCUT2D eigenvalue weighted by atomic mass is 10.1. The molecule has 0 aromatic heterocycles. The third kappa shape index (κ3) is 2.27. The van der Waals surface area contributed by atoms with Gasteiger partial charge >= 0.3 is 0 Å². The average Bonchev–Trinajstić information content (AvgIpc) is 2.12. The first-order valence-electron chi connectivity index (χ1n) is 4.96. The summed E-state index contributed by atoms with van der Waals surface area (Å²) in [4.78, 5) is 0. The molecular formula is C11H14FNO2. The van der Waals surface area contributed by atoms with Gasteiger partial charge in [0, 0.05) is 6.04 Å². The number of halogens is 1. The second-order valence-corrected chi connectivity index (χ2v) is 3.76. The molecule has 4 heteroatoms. The highest BCUT2D eigenvalue weighted by atomic mass is 19.1. The molecule has 2 N–H and O–H groups in total. The van der Waals surface area contributed by atoms with Gasteiger partial charge in [0.2, 0.25) is 0 Å². The Hall–Kier alpha value is -1.13. The molecule has 0 aliphatic carbocycles. The van der Waals surface area contributed by atoms with Crippen molar-refractivity contribution in [2.45, 2.75) is 19.1 Å². The van der Waals surface area contributed by atoms with E-state index in [2.05, 4.69) is 0 Å². The smallest absolute Gasteiger partial charge is 0.165 e. The molecule has 0 saturated carbocycles. The lowest BCUT2D eigenvalue weighted by Crippen LogP contribution is -2.38. The van der Waals surface area contributed by atoms with Crippen molar-refractivity contribution < 1.29 is 13.9 Å². The maximum Gasteiger partial charge on any atom is 0.165 e. The highest BCUT2D eigenvalue weighted by Crippen LogP contribution is 2.23. The molecule has 1 saturated heterocycles. The summed E-state index contributed by atoms with van der Waals surface area (Å²) in [5.41, 5.74) is 6.41. The van der Waals surface area contributed by atoms with Crippen molar-refractivity contribution in [3.05, 3.63) is 29.6 Å². The Kier molecular flexibility index (Phi) is 2.88. The van der Waals surface area contributed by atoms with Gasteiger partial charge in [0.1, 0.15) is 6.10 Å². The van der Waals surface area contributed by atoms with Gasteiger partial charge in [-0.25, -0.2) is 4.39 Å². The fourth-order valence-electron chi connectivity index (χ4n) is 1.36. The summed E-state index contributed by atoms with van der Waals surface area (Å²) in [6.45, 7) is 2.89. The van der Waals surface area contributed by atoms with Crippen molar-refractivity contribution in [1.82, 2.24) is 0 Å². The fourth-order valence-corrected chi connectivity index (χ4v) is 1.36. The van der Waals surface area contributed by atoms with Crippen LogP contribution in [0.5, 0.6) is 5.75 Å². The molecule has 1 aromatic carbocycles. The third-order valence-electron chi connectivity index (χ3n) is 2.38. The van der Waals surface area contributed by atoms with Crippen LogP contribution in [0.2, 0.25) is 0 Å². The van der Waals surface area contributed by atoms with Gasteiger partial charge in [-0.3, -0.25) is 0 Å². The van der Waals surface area contributed by atoms with E-state index in [4.69, 9.17) is 15.2 Å². The SMILES string of the molecule is CC(N)c1ccc(OC2COC2)c(F)c1. The van der Waals surface area contributed by atoms with Gasteiger partial charge in [0.25, 0.3) is 0 Å². The van der Waals surface area contributed by atoms with Crippen LogP contribution in [0.3, 0.4) is 0 Å². The molecule has 1 unspecified atom stereocenters. The minimum Gasteiger partial charge on any atom is -0.483 e. The number of hydrogen-bond acceptors (Lipinski definition) is 3. The molecule has 2 rings (SSSR count). The predicted molar refractivity (Wildman–Crippen MR) is 54.2 cm³/mol. The molecule has 1 aliphatic rings. The standard InChI is InChI=1S/C11H14FNO2/c1-7(13)8-2-3-11(10(12)4-8)15-9-5-14-6-9/h2-4,7,9H,5-6,13H2,1H3. The number of nitrogens with two attached hydrogens (primary N) is 1. The zero-order chi connectivity index (χ0) is 10.8. The number of hydrogen-bond donors (Lipinski definition) is 1. The van der Waals surface area contributed by atoms with Gasteiger partial charge < -0.3 is 15.2 Å². The van der Waals surface area contributed by atoms with Crippen molar-refractivity contribution in [2.75, 3.05) is 13.2 Å². The quantitative estimate of drug-likeness (QED) is 0.826. The lowest BCUT2D eigenvalue weighted by Gasteiger charge is -2.27. The Labute approximate surface area is 88.0 Å². The molecule has 1 aliphatic heterocycles. The van der Waals surface area contributed by atoms with Gasteiger partial charge in [0.05, 0.1) is 13.2 Å². The Morgan fingerprint density at radius 1 is 1.53 bits per heavy atom. The summed E-state index contributed by atoms with van der Waals surface area (Å²) in [5.74, 6) is -0.0931. The van der Waals surface area contributed by atoms with E-state index in [1.54, 1.807) is 12.1 Å². The summed E-state index contributed by atoms with van der Waals surface area (Å²) in [5, 5.41) is 0. The van der Waals surface area contributed by atoms with E-state index in [9.17, 15) is 4.39 Å². The number of ether oxygens (including phenoxy) is 2. The predicted octanol–water partition coefficient (Wildman–Crippen LogP) is 1.62. The van der Waals surface area contributed by atoms with E-state index in [0.29, 0.717) is 13.2 Å². The van der Waals surface area contributed by atoms with E-state index in [0.717, 1.165) is 5.56 Å². The Bertz CT molecular complexity index is 350. The van der Waals surface area contributed by atoms with Crippen LogP contribution in [-0.4, -0.2) is 19.3 Å². The normalized spacial score (nSPS) is 18.3. The Morgan fingerprint density at radius 2 is 2.27 bits per heavy atom. The molecule has 0 amide bonds. The van der Waals surface area contributed by atoms with E-state index in [1.807, 2.05) is 6.92 Å². The highest BCUT2D eigenvalue weighted by Gasteiger charge is 2.21. The molecule has 1 atom stereocenters. The first kappa shape index (κ1) is 10.4. The monoisotopic (exact) mass is 211 g/mol. The Balaban J connectivity index is 2.11. The van der Waals surface area contributed by atoms with Crippen LogP contribution >= 0.6 is 0 Å². The van der Waals surface area contributed by atoms with E-state index >= 15 is 0 Å². The lowest BCUT2D eigenvalue weighted by molar-refractivity contribution is -0.0809. The molecule has 1 heterocycles. The van der Waals surface area contributed by atoms with Crippen molar-refractivity contribution >= 4 is 0 Å². The fraction of sp³-hybridized carbons (Fsp3) is 0.455. The highest BCUT2D eigenvalue weighted by molar-refractivity contribution is 5.31. The van der Waals surface area contributed by atoms with Crippen LogP contribution < -0.4 is 10.5 Å². The molecule has 0 spiro atoms. The van der Waals surface area contributed by atoms with Gasteiger partial charge in [-0.15, -0.1) is 0 Å². The average molecular weight is 211 g/mol. The number of rotatable bonds is 3. The van der Waals surface area contributed by atoms with Crippen LogP contribution in [0, 0.1) is 5.82 Å². The molecule has 1 aromatic rings. The molecule has 0 bridgehead atoms. The maximum absolute atomic E-state index is 13.5. The third-order valence-corrected chi connectivity index (χ3v) is 2.38. The second-order valence-electron chi connectivity index (χ2n) is 3.76. The zero-order valence-corrected chi connectivity index (χ0v) is 8.57. The van der Waals surface area contributed by atoms with Crippen molar-refractivity contribution in [1.29, 1.82) is 0 Å². The van der Waals surface area contributed by atoms with Crippen LogP contribution in [0.4, 0.5) is 4.39 Å².